The van der Waals surface area contributed by atoms with Crippen LogP contribution in [0.5, 0.6) is 5.75 Å². The summed E-state index contributed by atoms with van der Waals surface area (Å²) in [7, 11) is -0.520. The lowest BCUT2D eigenvalue weighted by Gasteiger charge is -2.20. The summed E-state index contributed by atoms with van der Waals surface area (Å²) in [6.07, 6.45) is 0. The molecule has 0 aromatic heterocycles. The van der Waals surface area contributed by atoms with Crippen LogP contribution in [0.15, 0.2) is 91.0 Å². The van der Waals surface area contributed by atoms with Gasteiger partial charge < -0.3 is 14.6 Å². The molecule has 0 aliphatic carbocycles. The smallest absolute Gasteiger partial charge is 0.532 e. The lowest BCUT2D eigenvalue weighted by atomic mass is 9.78. The van der Waals surface area contributed by atoms with Crippen molar-refractivity contribution in [3.63, 3.8) is 0 Å². The maximum atomic E-state index is 6.43. The Labute approximate surface area is 181 Å². The van der Waals surface area contributed by atoms with Crippen LogP contribution in [0.1, 0.15) is 17.2 Å². The molecule has 1 heterocycles. The molecule has 0 amide bonds. The molecule has 0 unspecified atom stereocenters. The molecule has 0 radical (unpaired) electrons. The van der Waals surface area contributed by atoms with Gasteiger partial charge in [-0.25, -0.2) is 0 Å². The first-order valence-electron chi connectivity index (χ1n) is 10.1. The van der Waals surface area contributed by atoms with Crippen LogP contribution in [0, 0.1) is 0 Å². The number of benzene rings is 4. The van der Waals surface area contributed by atoms with Crippen molar-refractivity contribution in [3.05, 3.63) is 107 Å². The van der Waals surface area contributed by atoms with E-state index in [-0.39, 0.29) is 6.04 Å². The molecule has 148 valence electrons. The van der Waals surface area contributed by atoms with Crippen molar-refractivity contribution in [2.75, 3.05) is 6.61 Å². The largest absolute Gasteiger partial charge is 0.562 e. The molecule has 4 aromatic rings. The molecule has 30 heavy (non-hydrogen) atoms. The van der Waals surface area contributed by atoms with Gasteiger partial charge in [0.15, 0.2) is 0 Å². The van der Waals surface area contributed by atoms with Crippen LogP contribution < -0.4 is 15.4 Å². The molecule has 5 heteroatoms. The summed E-state index contributed by atoms with van der Waals surface area (Å²) in [6, 6.07) is 30.6. The second kappa shape index (κ2) is 8.53. The highest BCUT2D eigenvalue weighted by Gasteiger charge is 2.29. The molecule has 4 aromatic carbocycles. The Morgan fingerprint density at radius 3 is 2.43 bits per heavy atom. The van der Waals surface area contributed by atoms with Gasteiger partial charge in [0.25, 0.3) is 0 Å². The fourth-order valence-corrected chi connectivity index (χ4v) is 4.04. The molecule has 0 fully saturated rings. The molecule has 1 aliphatic rings. The first-order chi connectivity index (χ1) is 14.8. The Morgan fingerprint density at radius 1 is 0.833 bits per heavy atom. The van der Waals surface area contributed by atoms with Crippen molar-refractivity contribution in [2.24, 2.45) is 0 Å². The highest BCUT2D eigenvalue weighted by Crippen LogP contribution is 2.30. The molecule has 0 bridgehead atoms. The van der Waals surface area contributed by atoms with E-state index in [9.17, 15) is 0 Å². The Kier molecular flexibility index (Phi) is 5.45. The van der Waals surface area contributed by atoms with Gasteiger partial charge in [-0.15, -0.1) is 0 Å². The average molecular weight is 414 g/mol. The number of nitrogens with one attached hydrogen (secondary N) is 1. The Hall–Kier alpha value is -2.79. The molecule has 1 N–H and O–H groups in total. The van der Waals surface area contributed by atoms with Crippen LogP contribution in [-0.4, -0.2) is 13.7 Å². The van der Waals surface area contributed by atoms with E-state index in [1.54, 1.807) is 0 Å². The van der Waals surface area contributed by atoms with Gasteiger partial charge in [0.05, 0.1) is 12.6 Å². The van der Waals surface area contributed by atoms with Crippen molar-refractivity contribution in [1.29, 1.82) is 0 Å². The van der Waals surface area contributed by atoms with Crippen molar-refractivity contribution in [1.82, 2.24) is 5.32 Å². The molecule has 1 atom stereocenters. The molecular weight excluding hydrogens is 393 g/mol. The van der Waals surface area contributed by atoms with Crippen LogP contribution in [-0.2, 0) is 11.2 Å². The Bertz CT molecular complexity index is 1150. The lowest BCUT2D eigenvalue weighted by Crippen LogP contribution is -2.41. The van der Waals surface area contributed by atoms with Gasteiger partial charge in [-0.2, -0.15) is 0 Å². The molecule has 0 spiro atoms. The summed E-state index contributed by atoms with van der Waals surface area (Å²) in [5.41, 5.74) is 3.27. The van der Waals surface area contributed by atoms with Gasteiger partial charge in [-0.1, -0.05) is 84.4 Å². The number of rotatable bonds is 2. The third-order valence-corrected chi connectivity index (χ3v) is 5.77. The molecule has 5 rings (SSSR count). The van der Waals surface area contributed by atoms with Crippen LogP contribution in [0.3, 0.4) is 0 Å². The van der Waals surface area contributed by atoms with Crippen molar-refractivity contribution < 1.29 is 9.31 Å². The summed E-state index contributed by atoms with van der Waals surface area (Å²) >= 11 is 6.09. The van der Waals surface area contributed by atoms with E-state index >= 15 is 0 Å². The van der Waals surface area contributed by atoms with Crippen LogP contribution in [0.25, 0.3) is 10.8 Å². The van der Waals surface area contributed by atoms with Crippen molar-refractivity contribution in [2.45, 2.75) is 12.6 Å². The Balaban J connectivity index is 1.58. The normalized spacial score (nSPS) is 16.8. The van der Waals surface area contributed by atoms with E-state index in [2.05, 4.69) is 59.9 Å². The van der Waals surface area contributed by atoms with Gasteiger partial charge in [0, 0.05) is 17.1 Å². The summed E-state index contributed by atoms with van der Waals surface area (Å²) in [6.45, 7) is 1.18. The highest BCUT2D eigenvalue weighted by atomic mass is 35.5. The minimum Gasteiger partial charge on any atom is -0.532 e. The first-order valence-corrected chi connectivity index (χ1v) is 10.5. The van der Waals surface area contributed by atoms with E-state index in [0.29, 0.717) is 18.2 Å². The lowest BCUT2D eigenvalue weighted by molar-refractivity contribution is 0.241. The van der Waals surface area contributed by atoms with Gasteiger partial charge in [-0.05, 0) is 40.0 Å². The summed E-state index contributed by atoms with van der Waals surface area (Å²) < 4.78 is 12.7. The number of hydrogen-bond acceptors (Lipinski definition) is 3. The van der Waals surface area contributed by atoms with Gasteiger partial charge in [0.1, 0.15) is 5.75 Å². The zero-order chi connectivity index (χ0) is 20.3. The topological polar surface area (TPSA) is 30.5 Å². The van der Waals surface area contributed by atoms with E-state index in [0.717, 1.165) is 16.8 Å². The zero-order valence-electron chi connectivity index (χ0n) is 16.4. The van der Waals surface area contributed by atoms with Crippen molar-refractivity contribution >= 4 is 35.0 Å². The SMILES string of the molecule is Clc1ccc(B2OC[C@@H](c3ccccc3)NCc3c(ccc4ccccc34)O2)cc1. The van der Waals surface area contributed by atoms with Gasteiger partial charge in [-0.3, -0.25) is 0 Å². The number of hydrogen-bond donors (Lipinski definition) is 1. The van der Waals surface area contributed by atoms with Crippen LogP contribution in [0.2, 0.25) is 5.02 Å². The monoisotopic (exact) mass is 413 g/mol. The third kappa shape index (κ3) is 3.95. The van der Waals surface area contributed by atoms with E-state index in [4.69, 9.17) is 20.9 Å². The molecule has 1 aliphatic heterocycles. The fraction of sp³-hybridized carbons (Fsp3) is 0.120. The van der Waals surface area contributed by atoms with E-state index in [1.807, 2.05) is 36.4 Å². The molecule has 0 saturated heterocycles. The number of halogens is 1. The maximum absolute atomic E-state index is 6.43. The quantitative estimate of drug-likeness (QED) is 0.462. The maximum Gasteiger partial charge on any atom is 0.562 e. The average Bonchev–Trinajstić information content (AvgIpc) is 2.89. The van der Waals surface area contributed by atoms with Crippen molar-refractivity contribution in [3.8, 4) is 5.75 Å². The van der Waals surface area contributed by atoms with Gasteiger partial charge in [0.2, 0.25) is 0 Å². The highest BCUT2D eigenvalue weighted by molar-refractivity contribution is 6.62. The van der Waals surface area contributed by atoms with E-state index < -0.39 is 7.12 Å². The second-order valence-corrected chi connectivity index (χ2v) is 7.88. The van der Waals surface area contributed by atoms with Crippen LogP contribution in [0.4, 0.5) is 0 Å². The molecule has 0 saturated carbocycles. The molecular formula is C25H21BClNO2. The second-order valence-electron chi connectivity index (χ2n) is 7.44. The Morgan fingerprint density at radius 2 is 1.60 bits per heavy atom. The predicted molar refractivity (Wildman–Crippen MR) is 123 cm³/mol. The van der Waals surface area contributed by atoms with Gasteiger partial charge >= 0.3 is 7.12 Å². The van der Waals surface area contributed by atoms with Crippen LogP contribution >= 0.6 is 11.6 Å². The summed E-state index contributed by atoms with van der Waals surface area (Å²) in [5.74, 6) is 0.829. The zero-order valence-corrected chi connectivity index (χ0v) is 17.2. The number of fused-ring (bicyclic) bond motifs is 3. The summed E-state index contributed by atoms with van der Waals surface area (Å²) in [5, 5.41) is 6.75. The minimum atomic E-state index is -0.520. The fourth-order valence-electron chi connectivity index (χ4n) is 3.91. The van der Waals surface area contributed by atoms with E-state index in [1.165, 1.54) is 16.3 Å². The minimum absolute atomic E-state index is 0.0505. The first kappa shape index (κ1) is 19.2. The molecule has 3 nitrogen and oxygen atoms in total. The standard InChI is InChI=1S/C25H21BClNO2/c27-21-13-11-20(12-14-21)26-29-17-24(19-7-2-1-3-8-19)28-16-23-22-9-5-4-6-18(22)10-15-25(23)30-26/h1-15,24,28H,16-17H2/t24-/m0/s1. The summed E-state index contributed by atoms with van der Waals surface area (Å²) in [4.78, 5) is 0. The predicted octanol–water partition coefficient (Wildman–Crippen LogP) is 5.13. The third-order valence-electron chi connectivity index (χ3n) is 5.52.